The summed E-state index contributed by atoms with van der Waals surface area (Å²) in [6.07, 6.45) is 4.97. The Bertz CT molecular complexity index is 597. The van der Waals surface area contributed by atoms with E-state index in [1.165, 1.54) is 6.42 Å². The number of hydrogen-bond acceptors (Lipinski definition) is 3. The van der Waals surface area contributed by atoms with Crippen LogP contribution >= 0.6 is 0 Å². The lowest BCUT2D eigenvalue weighted by molar-refractivity contribution is 0.0984. The van der Waals surface area contributed by atoms with Gasteiger partial charge in [0.2, 0.25) is 0 Å². The van der Waals surface area contributed by atoms with Crippen molar-refractivity contribution in [3.63, 3.8) is 0 Å². The zero-order valence-corrected chi connectivity index (χ0v) is 17.4. The minimum Gasteiger partial charge on any atom is -0.291 e. The van der Waals surface area contributed by atoms with Crippen molar-refractivity contribution >= 4 is 0 Å². The van der Waals surface area contributed by atoms with Crippen LogP contribution in [-0.2, 0) is 13.1 Å². The first-order chi connectivity index (χ1) is 12.1. The molecule has 1 unspecified atom stereocenters. The smallest absolute Gasteiger partial charge is 0.0544 e. The largest absolute Gasteiger partial charge is 0.291 e. The maximum Gasteiger partial charge on any atom is 0.0544 e. The van der Waals surface area contributed by atoms with Crippen molar-refractivity contribution in [3.8, 4) is 0 Å². The molecule has 0 bridgehead atoms. The molecule has 2 aromatic heterocycles. The van der Waals surface area contributed by atoms with Crippen LogP contribution < -0.4 is 0 Å². The van der Waals surface area contributed by atoms with Gasteiger partial charge in [0.25, 0.3) is 0 Å². The molecule has 0 fully saturated rings. The van der Waals surface area contributed by atoms with E-state index in [0.29, 0.717) is 11.3 Å². The molecule has 2 rings (SSSR count). The van der Waals surface area contributed by atoms with Crippen LogP contribution in [0.15, 0.2) is 48.8 Å². The van der Waals surface area contributed by atoms with E-state index in [-0.39, 0.29) is 5.41 Å². The fourth-order valence-electron chi connectivity index (χ4n) is 3.32. The van der Waals surface area contributed by atoms with Gasteiger partial charge in [0, 0.05) is 32.0 Å². The molecule has 0 spiro atoms. The van der Waals surface area contributed by atoms with Crippen molar-refractivity contribution in [1.82, 2.24) is 14.9 Å². The van der Waals surface area contributed by atoms with Crippen LogP contribution in [0.2, 0.25) is 0 Å². The number of rotatable bonds is 7. The maximum atomic E-state index is 4.54. The van der Waals surface area contributed by atoms with Crippen LogP contribution in [0.25, 0.3) is 0 Å². The summed E-state index contributed by atoms with van der Waals surface area (Å²) >= 11 is 0. The first-order valence-corrected chi connectivity index (χ1v) is 9.66. The molecule has 26 heavy (non-hydrogen) atoms. The van der Waals surface area contributed by atoms with Gasteiger partial charge in [-0.3, -0.25) is 14.9 Å². The minimum atomic E-state index is 0.264. The van der Waals surface area contributed by atoms with E-state index in [4.69, 9.17) is 0 Å². The lowest BCUT2D eigenvalue weighted by Gasteiger charge is -2.39. The minimum absolute atomic E-state index is 0.264. The molecule has 0 N–H and O–H groups in total. The van der Waals surface area contributed by atoms with E-state index in [0.717, 1.165) is 31.0 Å². The molecule has 142 valence electrons. The van der Waals surface area contributed by atoms with Gasteiger partial charge in [-0.2, -0.15) is 0 Å². The summed E-state index contributed by atoms with van der Waals surface area (Å²) in [5, 5.41) is 0. The monoisotopic (exact) mass is 353 g/mol. The Labute approximate surface area is 159 Å². The van der Waals surface area contributed by atoms with Crippen molar-refractivity contribution in [3.05, 3.63) is 60.2 Å². The van der Waals surface area contributed by atoms with Crippen LogP contribution in [0.5, 0.6) is 0 Å². The van der Waals surface area contributed by atoms with Gasteiger partial charge < -0.3 is 0 Å². The molecule has 3 nitrogen and oxygen atoms in total. The highest BCUT2D eigenvalue weighted by Gasteiger charge is 2.30. The molecule has 0 aromatic carbocycles. The van der Waals surface area contributed by atoms with Gasteiger partial charge in [-0.05, 0) is 47.4 Å². The summed E-state index contributed by atoms with van der Waals surface area (Å²) in [6, 6.07) is 12.3. The van der Waals surface area contributed by atoms with Gasteiger partial charge >= 0.3 is 0 Å². The first-order valence-electron chi connectivity index (χ1n) is 9.66. The van der Waals surface area contributed by atoms with Crippen molar-refractivity contribution < 1.29 is 0 Å². The van der Waals surface area contributed by atoms with Gasteiger partial charge in [0.05, 0.1) is 11.4 Å². The highest BCUT2D eigenvalue weighted by atomic mass is 15.1. The van der Waals surface area contributed by atoms with E-state index >= 15 is 0 Å². The molecule has 2 aromatic rings. The summed E-state index contributed by atoms with van der Waals surface area (Å²) in [5.41, 5.74) is 2.82. The molecule has 0 aliphatic carbocycles. The van der Waals surface area contributed by atoms with Crippen molar-refractivity contribution in [1.29, 1.82) is 0 Å². The molecular formula is C23H35N3. The quantitative estimate of drug-likeness (QED) is 0.651. The Hall–Kier alpha value is -1.74. The molecule has 0 saturated heterocycles. The van der Waals surface area contributed by atoms with E-state index in [2.05, 4.69) is 80.7 Å². The van der Waals surface area contributed by atoms with Gasteiger partial charge in [-0.25, -0.2) is 0 Å². The van der Waals surface area contributed by atoms with Crippen molar-refractivity contribution in [2.45, 2.75) is 61.1 Å². The van der Waals surface area contributed by atoms with Crippen LogP contribution in [-0.4, -0.2) is 21.4 Å². The standard InChI is InChI=1S/C23H35N3/c1-22(2,3)15-19(23(4,5)6)16-26(17-20-11-7-9-13-24-20)18-21-12-8-10-14-25-21/h7-14,19H,15-18H2,1-6H3. The van der Waals surface area contributed by atoms with E-state index in [1.54, 1.807) is 0 Å². The SMILES string of the molecule is CC(C)(C)CC(CN(Cc1ccccn1)Cc1ccccn1)C(C)(C)C. The summed E-state index contributed by atoms with van der Waals surface area (Å²) < 4.78 is 0. The molecule has 2 heterocycles. The third kappa shape index (κ3) is 7.25. The molecule has 0 amide bonds. The Balaban J connectivity index is 2.20. The normalized spacial score (nSPS) is 13.8. The second-order valence-corrected chi connectivity index (χ2v) is 9.64. The fraction of sp³-hybridized carbons (Fsp3) is 0.565. The average molecular weight is 354 g/mol. The molecule has 0 saturated carbocycles. The van der Waals surface area contributed by atoms with E-state index in [1.807, 2.05) is 24.5 Å². The van der Waals surface area contributed by atoms with Crippen molar-refractivity contribution in [2.75, 3.05) is 6.54 Å². The molecule has 0 aliphatic heterocycles. The Kier molecular flexibility index (Phi) is 6.94. The number of aromatic nitrogens is 2. The van der Waals surface area contributed by atoms with Crippen LogP contribution in [0.4, 0.5) is 0 Å². The average Bonchev–Trinajstić information content (AvgIpc) is 2.54. The van der Waals surface area contributed by atoms with Crippen molar-refractivity contribution in [2.24, 2.45) is 16.7 Å². The lowest BCUT2D eigenvalue weighted by Crippen LogP contribution is -2.37. The molecular weight excluding hydrogens is 318 g/mol. The van der Waals surface area contributed by atoms with Crippen LogP contribution in [0.1, 0.15) is 59.4 Å². The molecule has 3 heteroatoms. The topological polar surface area (TPSA) is 29.0 Å². The third-order valence-corrected chi connectivity index (χ3v) is 4.79. The van der Waals surface area contributed by atoms with Gasteiger partial charge in [-0.1, -0.05) is 53.7 Å². The Morgan fingerprint density at radius 1 is 0.808 bits per heavy atom. The zero-order valence-electron chi connectivity index (χ0n) is 17.4. The lowest BCUT2D eigenvalue weighted by atomic mass is 9.72. The van der Waals surface area contributed by atoms with Gasteiger partial charge in [0.15, 0.2) is 0 Å². The summed E-state index contributed by atoms with van der Waals surface area (Å²) in [7, 11) is 0. The highest BCUT2D eigenvalue weighted by molar-refractivity contribution is 5.06. The maximum absolute atomic E-state index is 4.54. The Morgan fingerprint density at radius 2 is 1.31 bits per heavy atom. The van der Waals surface area contributed by atoms with Gasteiger partial charge in [-0.15, -0.1) is 0 Å². The highest BCUT2D eigenvalue weighted by Crippen LogP contribution is 2.36. The van der Waals surface area contributed by atoms with Crippen LogP contribution in [0.3, 0.4) is 0 Å². The third-order valence-electron chi connectivity index (χ3n) is 4.79. The van der Waals surface area contributed by atoms with Gasteiger partial charge in [0.1, 0.15) is 0 Å². The fourth-order valence-corrected chi connectivity index (χ4v) is 3.32. The second-order valence-electron chi connectivity index (χ2n) is 9.64. The summed E-state index contributed by atoms with van der Waals surface area (Å²) in [4.78, 5) is 11.6. The first kappa shape index (κ1) is 20.6. The Morgan fingerprint density at radius 3 is 1.65 bits per heavy atom. The zero-order chi connectivity index (χ0) is 19.2. The summed E-state index contributed by atoms with van der Waals surface area (Å²) in [6.45, 7) is 16.9. The second kappa shape index (κ2) is 8.77. The predicted molar refractivity (Wildman–Crippen MR) is 110 cm³/mol. The summed E-state index contributed by atoms with van der Waals surface area (Å²) in [5.74, 6) is 0.606. The molecule has 0 aliphatic rings. The predicted octanol–water partition coefficient (Wildman–Crippen LogP) is 5.58. The van der Waals surface area contributed by atoms with Crippen LogP contribution in [0, 0.1) is 16.7 Å². The number of pyridine rings is 2. The number of nitrogens with zero attached hydrogens (tertiary/aromatic N) is 3. The molecule has 1 atom stereocenters. The number of hydrogen-bond donors (Lipinski definition) is 0. The van der Waals surface area contributed by atoms with E-state index in [9.17, 15) is 0 Å². The van der Waals surface area contributed by atoms with E-state index < -0.39 is 0 Å². The molecule has 0 radical (unpaired) electrons.